The fourth-order valence-corrected chi connectivity index (χ4v) is 3.53. The van der Waals surface area contributed by atoms with Crippen molar-refractivity contribution in [1.82, 2.24) is 9.80 Å². The van der Waals surface area contributed by atoms with Gasteiger partial charge in [-0.15, -0.1) is 0 Å². The molecule has 1 fully saturated rings. The molecule has 154 valence electrons. The van der Waals surface area contributed by atoms with Crippen molar-refractivity contribution in [2.24, 2.45) is 0 Å². The summed E-state index contributed by atoms with van der Waals surface area (Å²) in [6.07, 6.45) is 1.37. The molecule has 1 aliphatic heterocycles. The van der Waals surface area contributed by atoms with E-state index in [0.29, 0.717) is 32.7 Å². The molecular weight excluding hydrogens is 364 g/mol. The van der Waals surface area contributed by atoms with Gasteiger partial charge in [0, 0.05) is 31.7 Å². The molecule has 0 saturated carbocycles. The molecule has 0 atom stereocenters. The van der Waals surface area contributed by atoms with Crippen molar-refractivity contribution in [2.75, 3.05) is 39.3 Å². The molecule has 29 heavy (non-hydrogen) atoms. The van der Waals surface area contributed by atoms with Gasteiger partial charge in [-0.3, -0.25) is 14.5 Å². The molecule has 5 nitrogen and oxygen atoms in total. The maximum absolute atomic E-state index is 12.6. The van der Waals surface area contributed by atoms with Gasteiger partial charge in [0.05, 0.1) is 19.6 Å². The van der Waals surface area contributed by atoms with Crippen LogP contribution in [0, 0.1) is 0 Å². The Morgan fingerprint density at radius 1 is 0.862 bits per heavy atom. The second-order valence-corrected chi connectivity index (χ2v) is 7.38. The zero-order valence-corrected chi connectivity index (χ0v) is 17.4. The van der Waals surface area contributed by atoms with Gasteiger partial charge in [0.15, 0.2) is 5.78 Å². The predicted molar refractivity (Wildman–Crippen MR) is 114 cm³/mol. The van der Waals surface area contributed by atoms with Crippen molar-refractivity contribution in [1.29, 1.82) is 0 Å². The average molecular weight is 395 g/mol. The molecule has 2 aromatic rings. The highest BCUT2D eigenvalue weighted by Gasteiger charge is 2.22. The molecule has 0 unspecified atom stereocenters. The van der Waals surface area contributed by atoms with Crippen molar-refractivity contribution in [3.05, 3.63) is 65.2 Å². The minimum absolute atomic E-state index is 0.135. The van der Waals surface area contributed by atoms with Crippen LogP contribution in [0.3, 0.4) is 0 Å². The van der Waals surface area contributed by atoms with Gasteiger partial charge in [-0.05, 0) is 36.6 Å². The number of amides is 1. The first-order chi connectivity index (χ1) is 14.1. The van der Waals surface area contributed by atoms with Gasteiger partial charge in [0.2, 0.25) is 5.91 Å². The van der Waals surface area contributed by atoms with Crippen LogP contribution in [-0.4, -0.2) is 60.8 Å². The molecule has 1 amide bonds. The zero-order chi connectivity index (χ0) is 20.6. The lowest BCUT2D eigenvalue weighted by atomic mass is 10.1. The van der Waals surface area contributed by atoms with Crippen molar-refractivity contribution < 1.29 is 14.3 Å². The highest BCUT2D eigenvalue weighted by Crippen LogP contribution is 2.14. The van der Waals surface area contributed by atoms with E-state index < -0.39 is 0 Å². The average Bonchev–Trinajstić information content (AvgIpc) is 2.76. The first-order valence-electron chi connectivity index (χ1n) is 10.4. The molecule has 0 N–H and O–H groups in total. The Kier molecular flexibility index (Phi) is 7.42. The van der Waals surface area contributed by atoms with Gasteiger partial charge in [-0.1, -0.05) is 43.3 Å². The summed E-state index contributed by atoms with van der Waals surface area (Å²) in [6.45, 7) is 7.89. The van der Waals surface area contributed by atoms with Crippen LogP contribution in [0.5, 0.6) is 5.75 Å². The number of aryl methyl sites for hydroxylation is 1. The molecule has 5 heteroatoms. The SMILES string of the molecule is CCOc1ccc(CC(=O)N2CCN(CC(=O)c3ccc(CC)cc3)CC2)cc1. The van der Waals surface area contributed by atoms with Gasteiger partial charge in [0.1, 0.15) is 5.75 Å². The third-order valence-corrected chi connectivity index (χ3v) is 5.37. The molecule has 1 heterocycles. The van der Waals surface area contributed by atoms with Gasteiger partial charge in [-0.25, -0.2) is 0 Å². The number of ketones is 1. The molecule has 0 aromatic heterocycles. The lowest BCUT2D eigenvalue weighted by Gasteiger charge is -2.34. The van der Waals surface area contributed by atoms with Gasteiger partial charge < -0.3 is 9.64 Å². The Bertz CT molecular complexity index is 807. The van der Waals surface area contributed by atoms with E-state index in [0.717, 1.165) is 36.4 Å². The fourth-order valence-electron chi connectivity index (χ4n) is 3.53. The summed E-state index contributed by atoms with van der Waals surface area (Å²) in [5, 5.41) is 0. The van der Waals surface area contributed by atoms with Crippen molar-refractivity contribution in [3.8, 4) is 5.75 Å². The molecule has 0 radical (unpaired) electrons. The normalized spacial score (nSPS) is 14.6. The summed E-state index contributed by atoms with van der Waals surface area (Å²) >= 11 is 0. The van der Waals surface area contributed by atoms with E-state index in [2.05, 4.69) is 11.8 Å². The zero-order valence-electron chi connectivity index (χ0n) is 17.4. The van der Waals surface area contributed by atoms with Crippen LogP contribution in [0.1, 0.15) is 35.3 Å². The fraction of sp³-hybridized carbons (Fsp3) is 0.417. The van der Waals surface area contributed by atoms with Gasteiger partial charge >= 0.3 is 0 Å². The van der Waals surface area contributed by atoms with Crippen molar-refractivity contribution in [2.45, 2.75) is 26.7 Å². The molecule has 0 aliphatic carbocycles. The summed E-state index contributed by atoms with van der Waals surface area (Å²) in [5.74, 6) is 1.10. The largest absolute Gasteiger partial charge is 0.494 e. The number of hydrogen-bond donors (Lipinski definition) is 0. The second kappa shape index (κ2) is 10.2. The number of piperazine rings is 1. The molecule has 0 spiro atoms. The van der Waals surface area contributed by atoms with E-state index in [4.69, 9.17) is 4.74 Å². The van der Waals surface area contributed by atoms with E-state index in [1.807, 2.05) is 60.4 Å². The summed E-state index contributed by atoms with van der Waals surface area (Å²) in [5.41, 5.74) is 2.99. The number of ether oxygens (including phenoxy) is 1. The van der Waals surface area contributed by atoms with Crippen LogP contribution >= 0.6 is 0 Å². The number of carbonyl (C=O) groups excluding carboxylic acids is 2. The minimum atomic E-state index is 0.135. The summed E-state index contributed by atoms with van der Waals surface area (Å²) < 4.78 is 5.44. The maximum Gasteiger partial charge on any atom is 0.227 e. The molecule has 3 rings (SSSR count). The summed E-state index contributed by atoms with van der Waals surface area (Å²) in [7, 11) is 0. The Hall–Kier alpha value is -2.66. The van der Waals surface area contributed by atoms with E-state index in [1.54, 1.807) is 0 Å². The number of benzene rings is 2. The quantitative estimate of drug-likeness (QED) is 0.645. The van der Waals surface area contributed by atoms with Gasteiger partial charge in [0.25, 0.3) is 0 Å². The second-order valence-electron chi connectivity index (χ2n) is 7.38. The van der Waals surface area contributed by atoms with Crippen LogP contribution in [-0.2, 0) is 17.6 Å². The lowest BCUT2D eigenvalue weighted by Crippen LogP contribution is -2.50. The first-order valence-corrected chi connectivity index (χ1v) is 10.4. The third kappa shape index (κ3) is 5.91. The number of nitrogens with zero attached hydrogens (tertiary/aromatic N) is 2. The number of hydrogen-bond acceptors (Lipinski definition) is 4. The molecule has 1 aliphatic rings. The van der Waals surface area contributed by atoms with E-state index >= 15 is 0 Å². The Morgan fingerprint density at radius 2 is 1.48 bits per heavy atom. The third-order valence-electron chi connectivity index (χ3n) is 5.37. The van der Waals surface area contributed by atoms with E-state index in [9.17, 15) is 9.59 Å². The van der Waals surface area contributed by atoms with Crippen molar-refractivity contribution in [3.63, 3.8) is 0 Å². The van der Waals surface area contributed by atoms with E-state index in [-0.39, 0.29) is 11.7 Å². The Labute approximate surface area is 173 Å². The number of Topliss-reactive ketones (excluding diaryl/α,β-unsaturated/α-hetero) is 1. The number of rotatable bonds is 8. The first kappa shape index (κ1) is 21.1. The predicted octanol–water partition coefficient (Wildman–Crippen LogP) is 3.22. The van der Waals surface area contributed by atoms with Crippen LogP contribution in [0.2, 0.25) is 0 Å². The molecule has 1 saturated heterocycles. The minimum Gasteiger partial charge on any atom is -0.494 e. The highest BCUT2D eigenvalue weighted by molar-refractivity contribution is 5.97. The van der Waals surface area contributed by atoms with Gasteiger partial charge in [-0.2, -0.15) is 0 Å². The molecular formula is C24H30N2O3. The lowest BCUT2D eigenvalue weighted by molar-refractivity contribution is -0.132. The summed E-state index contributed by atoms with van der Waals surface area (Å²) in [6, 6.07) is 15.6. The van der Waals surface area contributed by atoms with Crippen LogP contribution in [0.4, 0.5) is 0 Å². The topological polar surface area (TPSA) is 49.9 Å². The maximum atomic E-state index is 12.6. The number of carbonyl (C=O) groups is 2. The van der Waals surface area contributed by atoms with Crippen LogP contribution in [0.15, 0.2) is 48.5 Å². The van der Waals surface area contributed by atoms with Crippen molar-refractivity contribution >= 4 is 11.7 Å². The summed E-state index contributed by atoms with van der Waals surface area (Å²) in [4.78, 5) is 29.1. The Morgan fingerprint density at radius 3 is 2.07 bits per heavy atom. The van der Waals surface area contributed by atoms with Crippen LogP contribution < -0.4 is 4.74 Å². The Balaban J connectivity index is 1.45. The highest BCUT2D eigenvalue weighted by atomic mass is 16.5. The smallest absolute Gasteiger partial charge is 0.227 e. The van der Waals surface area contributed by atoms with Crippen LogP contribution in [0.25, 0.3) is 0 Å². The molecule has 0 bridgehead atoms. The molecule has 2 aromatic carbocycles. The monoisotopic (exact) mass is 394 g/mol. The standard InChI is InChI=1S/C24H30N2O3/c1-3-19-5-9-21(10-6-19)23(27)18-25-13-15-26(16-14-25)24(28)17-20-7-11-22(12-8-20)29-4-2/h5-12H,3-4,13-18H2,1-2H3. The van der Waals surface area contributed by atoms with E-state index in [1.165, 1.54) is 5.56 Å².